The highest BCUT2D eigenvalue weighted by atomic mass is 32.2. The van der Waals surface area contributed by atoms with Gasteiger partial charge in [-0.25, -0.2) is 8.42 Å². The van der Waals surface area contributed by atoms with E-state index in [0.717, 1.165) is 31.2 Å². The van der Waals surface area contributed by atoms with E-state index in [1.165, 1.54) is 15.6 Å². The van der Waals surface area contributed by atoms with Gasteiger partial charge in [0.05, 0.1) is 11.7 Å². The average Bonchev–Trinajstić information content (AvgIpc) is 3.33. The van der Waals surface area contributed by atoms with Gasteiger partial charge in [0.1, 0.15) is 15.9 Å². The fourth-order valence-electron chi connectivity index (χ4n) is 4.41. The Labute approximate surface area is 205 Å². The summed E-state index contributed by atoms with van der Waals surface area (Å²) in [4.78, 5) is 15.2. The Morgan fingerprint density at radius 3 is 2.68 bits per heavy atom. The lowest BCUT2D eigenvalue weighted by Crippen LogP contribution is -2.43. The lowest BCUT2D eigenvalue weighted by molar-refractivity contribution is -0.126. The zero-order valence-electron chi connectivity index (χ0n) is 19.6. The fraction of sp³-hybridized carbons (Fsp3) is 0.458. The van der Waals surface area contributed by atoms with Gasteiger partial charge in [0.2, 0.25) is 15.9 Å². The first-order chi connectivity index (χ1) is 16.4. The first-order valence-electron chi connectivity index (χ1n) is 11.7. The predicted molar refractivity (Wildman–Crippen MR) is 136 cm³/mol. The van der Waals surface area contributed by atoms with Crippen LogP contribution in [0.25, 0.3) is 11.0 Å². The molecule has 4 rings (SSSR count). The van der Waals surface area contributed by atoms with Crippen LogP contribution in [-0.4, -0.2) is 60.1 Å². The Kier molecular flexibility index (Phi) is 7.80. The van der Waals surface area contributed by atoms with Crippen LogP contribution in [-0.2, 0) is 14.8 Å². The van der Waals surface area contributed by atoms with Gasteiger partial charge in [-0.15, -0.1) is 0 Å². The van der Waals surface area contributed by atoms with Crippen molar-refractivity contribution in [3.8, 4) is 0 Å². The van der Waals surface area contributed by atoms with Gasteiger partial charge < -0.3 is 10.2 Å². The van der Waals surface area contributed by atoms with Crippen molar-refractivity contribution in [2.45, 2.75) is 38.0 Å². The van der Waals surface area contributed by atoms with E-state index in [2.05, 4.69) is 57.1 Å². The summed E-state index contributed by atoms with van der Waals surface area (Å²) in [7, 11) is -3.67. The molecule has 1 amide bonds. The van der Waals surface area contributed by atoms with Crippen molar-refractivity contribution in [2.24, 2.45) is 5.92 Å². The number of carbonyl (C=O) groups excluding carboxylic acids is 1. The number of hydrogen-bond acceptors (Lipinski definition) is 7. The molecule has 1 fully saturated rings. The molecule has 0 unspecified atom stereocenters. The second-order valence-corrected chi connectivity index (χ2v) is 11.1. The second-order valence-electron chi connectivity index (χ2n) is 8.63. The number of rotatable bonds is 9. The molecular formula is C24H31N5O3S2. The van der Waals surface area contributed by atoms with E-state index in [4.69, 9.17) is 0 Å². The molecule has 0 atom stereocenters. The van der Waals surface area contributed by atoms with Gasteiger partial charge in [-0.3, -0.25) is 4.79 Å². The van der Waals surface area contributed by atoms with Gasteiger partial charge in [0.25, 0.3) is 0 Å². The Balaban J connectivity index is 1.25. The maximum absolute atomic E-state index is 13.2. The van der Waals surface area contributed by atoms with Crippen molar-refractivity contribution < 1.29 is 13.2 Å². The Bertz CT molecular complexity index is 1240. The Hall–Kier alpha value is -2.56. The van der Waals surface area contributed by atoms with Gasteiger partial charge in [-0.05, 0) is 62.9 Å². The highest BCUT2D eigenvalue weighted by Gasteiger charge is 2.33. The normalized spacial score (nSPS) is 15.5. The third kappa shape index (κ3) is 5.39. The fourth-order valence-corrected chi connectivity index (χ4v) is 6.63. The molecule has 0 spiro atoms. The quantitative estimate of drug-likeness (QED) is 0.452. The van der Waals surface area contributed by atoms with Crippen molar-refractivity contribution in [1.82, 2.24) is 18.4 Å². The van der Waals surface area contributed by atoms with E-state index in [0.29, 0.717) is 43.5 Å². The number of aryl methyl sites for hydroxylation is 1. The number of sulfonamides is 1. The first-order valence-corrected chi connectivity index (χ1v) is 13.9. The van der Waals surface area contributed by atoms with Gasteiger partial charge in [-0.2, -0.15) is 13.1 Å². The summed E-state index contributed by atoms with van der Waals surface area (Å²) in [6, 6.07) is 13.5. The summed E-state index contributed by atoms with van der Waals surface area (Å²) >= 11 is 1.01. The van der Waals surface area contributed by atoms with Crippen molar-refractivity contribution in [3.05, 3.63) is 48.0 Å². The van der Waals surface area contributed by atoms with Crippen LogP contribution in [0.15, 0.2) is 47.4 Å². The monoisotopic (exact) mass is 501 g/mol. The zero-order valence-corrected chi connectivity index (χ0v) is 21.2. The minimum absolute atomic E-state index is 0.0152. The Morgan fingerprint density at radius 1 is 1.18 bits per heavy atom. The molecule has 1 aromatic heterocycles. The number of piperidine rings is 1. The van der Waals surface area contributed by atoms with Crippen LogP contribution >= 0.6 is 11.7 Å². The van der Waals surface area contributed by atoms with Gasteiger partial charge in [0, 0.05) is 44.3 Å². The van der Waals surface area contributed by atoms with Crippen LogP contribution in [0.1, 0.15) is 31.7 Å². The lowest BCUT2D eigenvalue weighted by atomic mass is 9.97. The van der Waals surface area contributed by atoms with E-state index < -0.39 is 10.0 Å². The molecule has 0 radical (unpaired) electrons. The smallest absolute Gasteiger partial charge is 0.245 e. The van der Waals surface area contributed by atoms with Crippen molar-refractivity contribution >= 4 is 44.4 Å². The summed E-state index contributed by atoms with van der Waals surface area (Å²) in [5.41, 5.74) is 3.44. The van der Waals surface area contributed by atoms with E-state index in [9.17, 15) is 13.2 Å². The van der Waals surface area contributed by atoms with Crippen LogP contribution in [0.4, 0.5) is 5.69 Å². The molecule has 1 aliphatic rings. The summed E-state index contributed by atoms with van der Waals surface area (Å²) < 4.78 is 36.1. The zero-order chi connectivity index (χ0) is 24.1. The summed E-state index contributed by atoms with van der Waals surface area (Å²) in [6.07, 6.45) is 1.88. The number of nitrogens with one attached hydrogen (secondary N) is 1. The number of aromatic nitrogens is 2. The molecule has 2 aromatic carbocycles. The number of fused-ring (bicyclic) bond motifs is 1. The standard InChI is InChI=1S/C24H31N5O3S2/c1-3-28(20-8-4-7-18(2)17-20)14-6-13-25-24(30)19-11-15-29(16-12-19)34(31,32)22-10-5-9-21-23(22)27-33-26-21/h4-5,7-10,17,19H,3,6,11-16H2,1-2H3,(H,25,30). The molecule has 10 heteroatoms. The molecule has 8 nitrogen and oxygen atoms in total. The molecule has 0 bridgehead atoms. The van der Waals surface area contributed by atoms with Crippen molar-refractivity contribution in [3.63, 3.8) is 0 Å². The second kappa shape index (κ2) is 10.8. The Morgan fingerprint density at radius 2 is 1.94 bits per heavy atom. The van der Waals surface area contributed by atoms with Gasteiger partial charge in [-0.1, -0.05) is 18.2 Å². The topological polar surface area (TPSA) is 95.5 Å². The van der Waals surface area contributed by atoms with E-state index in [-0.39, 0.29) is 16.7 Å². The van der Waals surface area contributed by atoms with E-state index in [1.54, 1.807) is 18.2 Å². The van der Waals surface area contributed by atoms with Crippen LogP contribution in [0.2, 0.25) is 0 Å². The number of hydrogen-bond donors (Lipinski definition) is 1. The van der Waals surface area contributed by atoms with Crippen LogP contribution < -0.4 is 10.2 Å². The molecule has 3 aromatic rings. The minimum Gasteiger partial charge on any atom is -0.372 e. The summed E-state index contributed by atoms with van der Waals surface area (Å²) in [5.74, 6) is -0.149. The highest BCUT2D eigenvalue weighted by Crippen LogP contribution is 2.28. The number of amides is 1. The number of anilines is 1. The predicted octanol–water partition coefficient (Wildman–Crippen LogP) is 3.43. The number of carbonyl (C=O) groups is 1. The minimum atomic E-state index is -3.67. The third-order valence-corrected chi connectivity index (χ3v) is 8.82. The molecule has 0 aliphatic carbocycles. The van der Waals surface area contributed by atoms with E-state index >= 15 is 0 Å². The maximum atomic E-state index is 13.2. The average molecular weight is 502 g/mol. The van der Waals surface area contributed by atoms with Crippen LogP contribution in [0, 0.1) is 12.8 Å². The molecule has 0 saturated carbocycles. The van der Waals surface area contributed by atoms with Crippen molar-refractivity contribution in [2.75, 3.05) is 37.6 Å². The molecule has 1 saturated heterocycles. The molecule has 1 N–H and O–H groups in total. The third-order valence-electron chi connectivity index (χ3n) is 6.34. The number of benzene rings is 2. The van der Waals surface area contributed by atoms with E-state index in [1.807, 2.05) is 0 Å². The lowest BCUT2D eigenvalue weighted by Gasteiger charge is -2.30. The van der Waals surface area contributed by atoms with Crippen LogP contribution in [0.3, 0.4) is 0 Å². The molecule has 182 valence electrons. The maximum Gasteiger partial charge on any atom is 0.245 e. The van der Waals surface area contributed by atoms with Gasteiger partial charge >= 0.3 is 0 Å². The van der Waals surface area contributed by atoms with Crippen LogP contribution in [0.5, 0.6) is 0 Å². The largest absolute Gasteiger partial charge is 0.372 e. The van der Waals surface area contributed by atoms with Crippen molar-refractivity contribution in [1.29, 1.82) is 0 Å². The first kappa shape index (κ1) is 24.6. The van der Waals surface area contributed by atoms with Gasteiger partial charge in [0.15, 0.2) is 0 Å². The molecular weight excluding hydrogens is 470 g/mol. The highest BCUT2D eigenvalue weighted by molar-refractivity contribution is 7.89. The number of nitrogens with zero attached hydrogens (tertiary/aromatic N) is 4. The molecule has 2 heterocycles. The molecule has 34 heavy (non-hydrogen) atoms. The summed E-state index contributed by atoms with van der Waals surface area (Å²) in [5, 5.41) is 3.05. The molecule has 1 aliphatic heterocycles. The SMILES string of the molecule is CCN(CCCNC(=O)C1CCN(S(=O)(=O)c2cccc3nsnc23)CC1)c1cccc(C)c1. The summed E-state index contributed by atoms with van der Waals surface area (Å²) in [6.45, 7) is 7.26.